The van der Waals surface area contributed by atoms with E-state index in [0.29, 0.717) is 28.7 Å². The fraction of sp³-hybridized carbons (Fsp3) is 0.214. The molecule has 3 nitrogen and oxygen atoms in total. The quantitative estimate of drug-likeness (QED) is 0.784. The Labute approximate surface area is 110 Å². The maximum atomic E-state index is 11.8. The molecule has 2 aromatic rings. The van der Waals surface area contributed by atoms with Crippen LogP contribution in [0.1, 0.15) is 23.0 Å². The number of carbonyl (C=O) groups is 1. The van der Waals surface area contributed by atoms with Crippen molar-refractivity contribution in [3.05, 3.63) is 46.7 Å². The van der Waals surface area contributed by atoms with Crippen molar-refractivity contribution in [2.45, 2.75) is 13.8 Å². The lowest BCUT2D eigenvalue weighted by Crippen LogP contribution is -2.04. The van der Waals surface area contributed by atoms with E-state index in [1.165, 1.54) is 0 Å². The van der Waals surface area contributed by atoms with E-state index in [2.05, 4.69) is 0 Å². The van der Waals surface area contributed by atoms with Gasteiger partial charge in [0.25, 0.3) is 0 Å². The summed E-state index contributed by atoms with van der Waals surface area (Å²) in [6.45, 7) is 3.90. The largest absolute Gasteiger partial charge is 0.462 e. The van der Waals surface area contributed by atoms with Gasteiger partial charge in [0.2, 0.25) is 0 Å². The number of hydrogen-bond acceptors (Lipinski definition) is 3. The van der Waals surface area contributed by atoms with E-state index in [4.69, 9.17) is 20.8 Å². The van der Waals surface area contributed by atoms with Crippen LogP contribution < -0.4 is 0 Å². The van der Waals surface area contributed by atoms with Crippen LogP contribution in [0, 0.1) is 6.92 Å². The average molecular weight is 265 g/mol. The molecule has 0 saturated heterocycles. The first-order valence-electron chi connectivity index (χ1n) is 5.65. The minimum Gasteiger partial charge on any atom is -0.462 e. The van der Waals surface area contributed by atoms with Gasteiger partial charge in [-0.15, -0.1) is 0 Å². The number of carbonyl (C=O) groups excluding carboxylic acids is 1. The molecule has 94 valence electrons. The van der Waals surface area contributed by atoms with Gasteiger partial charge in [-0.1, -0.05) is 11.6 Å². The summed E-state index contributed by atoms with van der Waals surface area (Å²) < 4.78 is 10.6. The Morgan fingerprint density at radius 2 is 2.00 bits per heavy atom. The monoisotopic (exact) mass is 264 g/mol. The van der Waals surface area contributed by atoms with Crippen molar-refractivity contribution in [3.63, 3.8) is 0 Å². The molecule has 0 bridgehead atoms. The van der Waals surface area contributed by atoms with E-state index >= 15 is 0 Å². The molecule has 0 amide bonds. The van der Waals surface area contributed by atoms with Crippen molar-refractivity contribution in [2.75, 3.05) is 6.61 Å². The number of furan rings is 1. The molecule has 0 aliphatic carbocycles. The molecule has 1 aromatic heterocycles. The maximum absolute atomic E-state index is 11.8. The molecule has 1 heterocycles. The van der Waals surface area contributed by atoms with E-state index < -0.39 is 0 Å². The van der Waals surface area contributed by atoms with E-state index in [9.17, 15) is 4.79 Å². The van der Waals surface area contributed by atoms with Gasteiger partial charge in [0.15, 0.2) is 0 Å². The summed E-state index contributed by atoms with van der Waals surface area (Å²) in [5.41, 5.74) is 1.24. The van der Waals surface area contributed by atoms with Crippen molar-refractivity contribution in [3.8, 4) is 11.3 Å². The van der Waals surface area contributed by atoms with Crippen molar-refractivity contribution in [2.24, 2.45) is 0 Å². The summed E-state index contributed by atoms with van der Waals surface area (Å²) in [6, 6.07) is 8.81. The van der Waals surface area contributed by atoms with Crippen LogP contribution >= 0.6 is 11.6 Å². The molecule has 0 spiro atoms. The van der Waals surface area contributed by atoms with Gasteiger partial charge in [0.05, 0.1) is 6.61 Å². The number of hydrogen-bond donors (Lipinski definition) is 0. The lowest BCUT2D eigenvalue weighted by molar-refractivity contribution is 0.0527. The van der Waals surface area contributed by atoms with Crippen molar-refractivity contribution < 1.29 is 13.9 Å². The van der Waals surface area contributed by atoms with E-state index in [1.54, 1.807) is 32.0 Å². The molecule has 0 radical (unpaired) electrons. The molecule has 0 atom stereocenters. The van der Waals surface area contributed by atoms with Gasteiger partial charge in [0.1, 0.15) is 17.1 Å². The first-order valence-corrected chi connectivity index (χ1v) is 6.03. The maximum Gasteiger partial charge on any atom is 0.342 e. The summed E-state index contributed by atoms with van der Waals surface area (Å²) in [4.78, 5) is 11.8. The molecular formula is C14H13ClO3. The van der Waals surface area contributed by atoms with Gasteiger partial charge in [-0.25, -0.2) is 4.79 Å². The van der Waals surface area contributed by atoms with Crippen molar-refractivity contribution in [1.82, 2.24) is 0 Å². The fourth-order valence-corrected chi connectivity index (χ4v) is 1.82. The van der Waals surface area contributed by atoms with Crippen molar-refractivity contribution in [1.29, 1.82) is 0 Å². The Kier molecular flexibility index (Phi) is 3.72. The summed E-state index contributed by atoms with van der Waals surface area (Å²) in [5, 5.41) is 0.639. The standard InChI is InChI=1S/C14H13ClO3/c1-3-17-14(16)12-8-9(2)18-13(12)10-4-6-11(15)7-5-10/h4-8H,3H2,1-2H3. The number of aryl methyl sites for hydroxylation is 1. The van der Waals surface area contributed by atoms with Crippen LogP contribution in [-0.2, 0) is 4.74 Å². The van der Waals surface area contributed by atoms with Gasteiger partial charge >= 0.3 is 5.97 Å². The van der Waals surface area contributed by atoms with Crippen LogP contribution in [0.4, 0.5) is 0 Å². The second-order valence-corrected chi connectivity index (χ2v) is 4.26. The van der Waals surface area contributed by atoms with E-state index in [-0.39, 0.29) is 5.97 Å². The van der Waals surface area contributed by atoms with Crippen LogP contribution in [0.15, 0.2) is 34.7 Å². The van der Waals surface area contributed by atoms with Crippen LogP contribution in [-0.4, -0.2) is 12.6 Å². The predicted octanol–water partition coefficient (Wildman–Crippen LogP) is 4.09. The van der Waals surface area contributed by atoms with Gasteiger partial charge in [0, 0.05) is 10.6 Å². The van der Waals surface area contributed by atoms with Gasteiger partial charge in [-0.3, -0.25) is 0 Å². The molecule has 0 fully saturated rings. The highest BCUT2D eigenvalue weighted by atomic mass is 35.5. The molecule has 0 unspecified atom stereocenters. The molecule has 0 aliphatic rings. The normalized spacial score (nSPS) is 10.4. The molecule has 18 heavy (non-hydrogen) atoms. The Balaban J connectivity index is 2.44. The Morgan fingerprint density at radius 1 is 1.33 bits per heavy atom. The number of halogens is 1. The fourth-order valence-electron chi connectivity index (χ4n) is 1.69. The lowest BCUT2D eigenvalue weighted by Gasteiger charge is -2.02. The Bertz CT molecular complexity index is 555. The molecule has 0 N–H and O–H groups in total. The average Bonchev–Trinajstić information content (AvgIpc) is 2.73. The lowest BCUT2D eigenvalue weighted by atomic mass is 10.1. The number of ether oxygens (including phenoxy) is 1. The molecular weight excluding hydrogens is 252 g/mol. The van der Waals surface area contributed by atoms with E-state index in [0.717, 1.165) is 5.56 Å². The van der Waals surface area contributed by atoms with Gasteiger partial charge < -0.3 is 9.15 Å². The predicted molar refractivity (Wildman–Crippen MR) is 69.8 cm³/mol. The van der Waals surface area contributed by atoms with Gasteiger partial charge in [-0.2, -0.15) is 0 Å². The van der Waals surface area contributed by atoms with Crippen LogP contribution in [0.25, 0.3) is 11.3 Å². The zero-order valence-corrected chi connectivity index (χ0v) is 11.0. The van der Waals surface area contributed by atoms with Gasteiger partial charge in [-0.05, 0) is 44.2 Å². The number of esters is 1. The summed E-state index contributed by atoms with van der Waals surface area (Å²) in [6.07, 6.45) is 0. The molecule has 1 aromatic carbocycles. The minimum atomic E-state index is -0.376. The second-order valence-electron chi connectivity index (χ2n) is 3.83. The SMILES string of the molecule is CCOC(=O)c1cc(C)oc1-c1ccc(Cl)cc1. The summed E-state index contributed by atoms with van der Waals surface area (Å²) >= 11 is 5.83. The van der Waals surface area contributed by atoms with Crippen molar-refractivity contribution >= 4 is 17.6 Å². The first kappa shape index (κ1) is 12.7. The summed E-state index contributed by atoms with van der Waals surface area (Å²) in [5.74, 6) is 0.810. The highest BCUT2D eigenvalue weighted by Crippen LogP contribution is 2.28. The molecule has 0 saturated carbocycles. The first-order chi connectivity index (χ1) is 8.61. The number of benzene rings is 1. The zero-order valence-electron chi connectivity index (χ0n) is 10.2. The molecule has 0 aliphatic heterocycles. The second kappa shape index (κ2) is 5.27. The van der Waals surface area contributed by atoms with Crippen LogP contribution in [0.3, 0.4) is 0 Å². The van der Waals surface area contributed by atoms with Crippen LogP contribution in [0.2, 0.25) is 5.02 Å². The third-order valence-corrected chi connectivity index (χ3v) is 2.71. The molecule has 2 rings (SSSR count). The zero-order chi connectivity index (χ0) is 13.1. The third-order valence-electron chi connectivity index (χ3n) is 2.46. The molecule has 4 heteroatoms. The Morgan fingerprint density at radius 3 is 2.61 bits per heavy atom. The highest BCUT2D eigenvalue weighted by Gasteiger charge is 2.18. The van der Waals surface area contributed by atoms with Crippen LogP contribution in [0.5, 0.6) is 0 Å². The minimum absolute atomic E-state index is 0.336. The highest BCUT2D eigenvalue weighted by molar-refractivity contribution is 6.30. The summed E-state index contributed by atoms with van der Waals surface area (Å²) in [7, 11) is 0. The number of rotatable bonds is 3. The van der Waals surface area contributed by atoms with E-state index in [1.807, 2.05) is 12.1 Å². The third kappa shape index (κ3) is 2.57. The Hall–Kier alpha value is -1.74. The smallest absolute Gasteiger partial charge is 0.342 e. The topological polar surface area (TPSA) is 39.4 Å².